The number of nitrogens with zero attached hydrogens (tertiary/aromatic N) is 4. The van der Waals surface area contributed by atoms with Crippen LogP contribution in [0.15, 0.2) is 35.3 Å². The largest absolute Gasteiger partial charge is 0.357 e. The van der Waals surface area contributed by atoms with Crippen molar-refractivity contribution in [2.75, 3.05) is 46.8 Å². The van der Waals surface area contributed by atoms with Crippen molar-refractivity contribution < 1.29 is 9.59 Å². The summed E-state index contributed by atoms with van der Waals surface area (Å²) in [6.45, 7) is 9.23. The Hall–Kier alpha value is -1.84. The van der Waals surface area contributed by atoms with E-state index in [1.807, 2.05) is 63.1 Å². The molecule has 29 heavy (non-hydrogen) atoms. The summed E-state index contributed by atoms with van der Waals surface area (Å²) in [6, 6.07) is 9.91. The van der Waals surface area contributed by atoms with Gasteiger partial charge in [-0.3, -0.25) is 14.6 Å². The molecule has 0 saturated carbocycles. The number of rotatable bonds is 10. The van der Waals surface area contributed by atoms with Crippen LogP contribution >= 0.6 is 24.0 Å². The van der Waals surface area contributed by atoms with E-state index in [-0.39, 0.29) is 42.3 Å². The molecule has 0 unspecified atom stereocenters. The second-order valence-electron chi connectivity index (χ2n) is 6.64. The van der Waals surface area contributed by atoms with Gasteiger partial charge in [0.1, 0.15) is 0 Å². The van der Waals surface area contributed by atoms with Crippen LogP contribution in [0.5, 0.6) is 0 Å². The van der Waals surface area contributed by atoms with Crippen LogP contribution in [-0.4, -0.2) is 79.3 Å². The van der Waals surface area contributed by atoms with E-state index < -0.39 is 0 Å². The molecule has 0 aliphatic heterocycles. The van der Waals surface area contributed by atoms with Crippen molar-refractivity contribution in [3.63, 3.8) is 0 Å². The zero-order chi connectivity index (χ0) is 20.9. The van der Waals surface area contributed by atoms with Gasteiger partial charge >= 0.3 is 0 Å². The fraction of sp³-hybridized carbons (Fsp3) is 0.571. The number of likely N-dealkylation sites (N-methyl/N-ethyl adjacent to an activating group) is 2. The Labute approximate surface area is 192 Å². The van der Waals surface area contributed by atoms with Gasteiger partial charge in [-0.25, -0.2) is 0 Å². The van der Waals surface area contributed by atoms with Crippen LogP contribution in [0.3, 0.4) is 0 Å². The lowest BCUT2D eigenvalue weighted by molar-refractivity contribution is -0.131. The van der Waals surface area contributed by atoms with Crippen LogP contribution in [0.1, 0.15) is 32.8 Å². The van der Waals surface area contributed by atoms with Crippen LogP contribution in [0, 0.1) is 0 Å². The lowest BCUT2D eigenvalue weighted by Gasteiger charge is -2.25. The first-order valence-electron chi connectivity index (χ1n) is 9.97. The number of benzene rings is 1. The molecule has 0 radical (unpaired) electrons. The Balaban J connectivity index is 0.00000784. The number of guanidine groups is 1. The fourth-order valence-electron chi connectivity index (χ4n) is 2.82. The normalized spacial score (nSPS) is 10.7. The highest BCUT2D eigenvalue weighted by atomic mass is 127. The van der Waals surface area contributed by atoms with Gasteiger partial charge in [0.15, 0.2) is 5.96 Å². The molecular weight excluding hydrogens is 481 g/mol. The SMILES string of the molecule is CCNC(=NCCC(=O)N(C)Cc1ccccc1)N(C)CC(=O)N(CC)CC.I. The lowest BCUT2D eigenvalue weighted by Crippen LogP contribution is -2.45. The molecule has 0 aliphatic rings. The van der Waals surface area contributed by atoms with Gasteiger partial charge < -0.3 is 20.0 Å². The molecule has 1 rings (SSSR count). The minimum Gasteiger partial charge on any atom is -0.357 e. The topological polar surface area (TPSA) is 68.2 Å². The number of carbonyl (C=O) groups excluding carboxylic acids is 2. The summed E-state index contributed by atoms with van der Waals surface area (Å²) in [5, 5.41) is 3.19. The number of halogens is 1. The van der Waals surface area contributed by atoms with Crippen LogP contribution in [-0.2, 0) is 16.1 Å². The summed E-state index contributed by atoms with van der Waals surface area (Å²) in [4.78, 5) is 34.5. The first-order valence-corrected chi connectivity index (χ1v) is 9.97. The number of aliphatic imine (C=N–C) groups is 1. The smallest absolute Gasteiger partial charge is 0.242 e. The Morgan fingerprint density at radius 3 is 2.14 bits per heavy atom. The van der Waals surface area contributed by atoms with Gasteiger partial charge in [0.2, 0.25) is 11.8 Å². The Morgan fingerprint density at radius 1 is 0.966 bits per heavy atom. The van der Waals surface area contributed by atoms with E-state index in [1.165, 1.54) is 0 Å². The molecule has 1 N–H and O–H groups in total. The molecule has 0 bridgehead atoms. The summed E-state index contributed by atoms with van der Waals surface area (Å²) in [5.41, 5.74) is 1.10. The summed E-state index contributed by atoms with van der Waals surface area (Å²) in [5.74, 6) is 0.753. The van der Waals surface area contributed by atoms with E-state index >= 15 is 0 Å². The second-order valence-corrected chi connectivity index (χ2v) is 6.64. The minimum absolute atomic E-state index is 0. The van der Waals surface area contributed by atoms with E-state index in [9.17, 15) is 9.59 Å². The van der Waals surface area contributed by atoms with Gasteiger partial charge in [0.05, 0.1) is 13.1 Å². The first-order chi connectivity index (χ1) is 13.4. The molecule has 0 fully saturated rings. The van der Waals surface area contributed by atoms with Crippen LogP contribution in [0.25, 0.3) is 0 Å². The van der Waals surface area contributed by atoms with E-state index in [4.69, 9.17) is 0 Å². The lowest BCUT2D eigenvalue weighted by atomic mass is 10.2. The molecule has 2 amide bonds. The van der Waals surface area contributed by atoms with Crippen molar-refractivity contribution in [1.29, 1.82) is 0 Å². The Morgan fingerprint density at radius 2 is 1.59 bits per heavy atom. The summed E-state index contributed by atoms with van der Waals surface area (Å²) < 4.78 is 0. The van der Waals surface area contributed by atoms with E-state index in [1.54, 1.807) is 16.8 Å². The predicted molar refractivity (Wildman–Crippen MR) is 129 cm³/mol. The van der Waals surface area contributed by atoms with E-state index in [0.717, 1.165) is 5.56 Å². The van der Waals surface area contributed by atoms with Crippen molar-refractivity contribution in [3.8, 4) is 0 Å². The van der Waals surface area contributed by atoms with Gasteiger partial charge in [-0.2, -0.15) is 0 Å². The summed E-state index contributed by atoms with van der Waals surface area (Å²) in [7, 11) is 3.64. The quantitative estimate of drug-likeness (QED) is 0.294. The van der Waals surface area contributed by atoms with Crippen LogP contribution < -0.4 is 5.32 Å². The Kier molecular flexibility index (Phi) is 14.1. The van der Waals surface area contributed by atoms with Crippen molar-refractivity contribution in [2.24, 2.45) is 4.99 Å². The number of amides is 2. The highest BCUT2D eigenvalue weighted by Gasteiger charge is 2.15. The molecule has 0 aromatic heterocycles. The standard InChI is InChI=1S/C21H35N5O2.HI/c1-6-22-21(25(5)17-20(28)26(7-2)8-3)23-15-14-19(27)24(4)16-18-12-10-9-11-13-18;/h9-13H,6-8,14-17H2,1-5H3,(H,22,23);1H. The monoisotopic (exact) mass is 517 g/mol. The average Bonchev–Trinajstić information content (AvgIpc) is 2.68. The Bertz CT molecular complexity index is 635. The van der Waals surface area contributed by atoms with Crippen LogP contribution in [0.2, 0.25) is 0 Å². The zero-order valence-corrected chi connectivity index (χ0v) is 20.7. The first kappa shape index (κ1) is 27.2. The molecule has 1 aromatic rings. The third-order valence-corrected chi connectivity index (χ3v) is 4.46. The maximum atomic E-state index is 12.4. The summed E-state index contributed by atoms with van der Waals surface area (Å²) in [6.07, 6.45) is 0.329. The molecule has 1 aromatic carbocycles. The van der Waals surface area contributed by atoms with Gasteiger partial charge in [0, 0.05) is 46.7 Å². The molecule has 0 spiro atoms. The second kappa shape index (κ2) is 15.1. The summed E-state index contributed by atoms with van der Waals surface area (Å²) >= 11 is 0. The molecule has 7 nitrogen and oxygen atoms in total. The third-order valence-electron chi connectivity index (χ3n) is 4.46. The fourth-order valence-corrected chi connectivity index (χ4v) is 2.82. The highest BCUT2D eigenvalue weighted by molar-refractivity contribution is 14.0. The zero-order valence-electron chi connectivity index (χ0n) is 18.4. The molecule has 0 atom stereocenters. The van der Waals surface area contributed by atoms with Crippen molar-refractivity contribution in [2.45, 2.75) is 33.7 Å². The van der Waals surface area contributed by atoms with Gasteiger partial charge in [-0.05, 0) is 26.3 Å². The van der Waals surface area contributed by atoms with Gasteiger partial charge in [0.25, 0.3) is 0 Å². The molecule has 0 aliphatic carbocycles. The molecule has 0 heterocycles. The number of nitrogens with one attached hydrogen (secondary N) is 1. The van der Waals surface area contributed by atoms with Crippen molar-refractivity contribution >= 4 is 41.8 Å². The molecule has 8 heteroatoms. The average molecular weight is 517 g/mol. The maximum Gasteiger partial charge on any atom is 0.242 e. The minimum atomic E-state index is 0. The highest BCUT2D eigenvalue weighted by Crippen LogP contribution is 2.04. The molecule has 164 valence electrons. The molecular formula is C21H36IN5O2. The van der Waals surface area contributed by atoms with E-state index in [0.29, 0.717) is 45.1 Å². The number of carbonyl (C=O) groups is 2. The number of hydrogen-bond acceptors (Lipinski definition) is 3. The van der Waals surface area contributed by atoms with Crippen molar-refractivity contribution in [1.82, 2.24) is 20.0 Å². The molecule has 0 saturated heterocycles. The van der Waals surface area contributed by atoms with Crippen molar-refractivity contribution in [3.05, 3.63) is 35.9 Å². The van der Waals surface area contributed by atoms with E-state index in [2.05, 4.69) is 10.3 Å². The van der Waals surface area contributed by atoms with Gasteiger partial charge in [-0.15, -0.1) is 24.0 Å². The van der Waals surface area contributed by atoms with Crippen LogP contribution in [0.4, 0.5) is 0 Å². The number of hydrogen-bond donors (Lipinski definition) is 1. The third kappa shape index (κ3) is 9.96. The maximum absolute atomic E-state index is 12.4. The van der Waals surface area contributed by atoms with Gasteiger partial charge in [-0.1, -0.05) is 30.3 Å². The predicted octanol–water partition coefficient (Wildman–Crippen LogP) is 2.42.